The fourth-order valence-electron chi connectivity index (χ4n) is 2.94. The van der Waals surface area contributed by atoms with Gasteiger partial charge in [0.25, 0.3) is 0 Å². The molecule has 0 bridgehead atoms. The number of hydrogen-bond acceptors (Lipinski definition) is 4. The fourth-order valence-corrected chi connectivity index (χ4v) is 4.37. The molecular weight excluding hydrogens is 304 g/mol. The van der Waals surface area contributed by atoms with Crippen LogP contribution < -0.4 is 5.32 Å². The number of thioether (sulfide) groups is 1. The average molecular weight is 320 g/mol. The van der Waals surface area contributed by atoms with Crippen LogP contribution >= 0.6 is 11.8 Å². The van der Waals surface area contributed by atoms with Crippen LogP contribution in [0.2, 0.25) is 0 Å². The average Bonchev–Trinajstić information content (AvgIpc) is 2.97. The highest BCUT2D eigenvalue weighted by Crippen LogP contribution is 2.47. The Hall–Kier alpha value is -2.02. The normalized spacial score (nSPS) is 26.9. The summed E-state index contributed by atoms with van der Waals surface area (Å²) in [5.74, 6) is -0.631. The van der Waals surface area contributed by atoms with E-state index < -0.39 is 12.0 Å². The van der Waals surface area contributed by atoms with Crippen LogP contribution in [0.1, 0.15) is 30.1 Å². The number of aromatic carboxylic acids is 1. The molecule has 1 aromatic rings. The first-order valence-electron chi connectivity index (χ1n) is 7.01. The van der Waals surface area contributed by atoms with E-state index in [-0.39, 0.29) is 22.2 Å². The van der Waals surface area contributed by atoms with E-state index in [2.05, 4.69) is 5.32 Å². The number of nitrogens with one attached hydrogen (secondary N) is 1. The van der Waals surface area contributed by atoms with Crippen molar-refractivity contribution in [2.45, 2.75) is 30.7 Å². The van der Waals surface area contributed by atoms with E-state index in [9.17, 15) is 14.4 Å². The summed E-state index contributed by atoms with van der Waals surface area (Å²) in [6, 6.07) is 5.51. The molecule has 116 valence electrons. The van der Waals surface area contributed by atoms with Crippen molar-refractivity contribution < 1.29 is 19.5 Å². The van der Waals surface area contributed by atoms with Gasteiger partial charge in [-0.25, -0.2) is 4.79 Å². The fraction of sp³-hybridized carbons (Fsp3) is 0.400. The molecule has 2 N–H and O–H groups in total. The lowest BCUT2D eigenvalue weighted by molar-refractivity contribution is -0.135. The Kier molecular flexibility index (Phi) is 3.60. The zero-order valence-electron chi connectivity index (χ0n) is 12.0. The van der Waals surface area contributed by atoms with Gasteiger partial charge >= 0.3 is 5.97 Å². The van der Waals surface area contributed by atoms with Gasteiger partial charge in [0.15, 0.2) is 0 Å². The van der Waals surface area contributed by atoms with Gasteiger partial charge in [-0.1, -0.05) is 0 Å². The van der Waals surface area contributed by atoms with E-state index in [1.807, 2.05) is 6.92 Å². The predicted octanol–water partition coefficient (Wildman–Crippen LogP) is 1.78. The number of nitrogens with zero attached hydrogens (tertiary/aromatic N) is 1. The Bertz CT molecular complexity index is 645. The van der Waals surface area contributed by atoms with Gasteiger partial charge in [0.2, 0.25) is 11.8 Å². The van der Waals surface area contributed by atoms with Gasteiger partial charge in [-0.15, -0.1) is 11.8 Å². The minimum atomic E-state index is -1.01. The van der Waals surface area contributed by atoms with Gasteiger partial charge in [0.1, 0.15) is 6.04 Å². The highest BCUT2D eigenvalue weighted by molar-refractivity contribution is 8.01. The van der Waals surface area contributed by atoms with Gasteiger partial charge < -0.3 is 15.3 Å². The number of anilines is 1. The molecule has 0 aromatic heterocycles. The van der Waals surface area contributed by atoms with Crippen molar-refractivity contribution in [1.29, 1.82) is 0 Å². The molecule has 6 nitrogen and oxygen atoms in total. The number of amides is 2. The lowest BCUT2D eigenvalue weighted by atomic mass is 10.2. The molecule has 0 spiro atoms. The van der Waals surface area contributed by atoms with E-state index in [0.29, 0.717) is 17.9 Å². The van der Waals surface area contributed by atoms with Gasteiger partial charge in [-0.3, -0.25) is 9.59 Å². The van der Waals surface area contributed by atoms with Crippen LogP contribution in [0.15, 0.2) is 24.3 Å². The maximum absolute atomic E-state index is 12.4. The molecule has 2 heterocycles. The third-order valence-corrected chi connectivity index (χ3v) is 5.65. The zero-order valence-corrected chi connectivity index (χ0v) is 12.9. The van der Waals surface area contributed by atoms with Crippen molar-refractivity contribution in [3.8, 4) is 0 Å². The number of benzene rings is 1. The zero-order chi connectivity index (χ0) is 15.9. The molecule has 2 saturated heterocycles. The van der Waals surface area contributed by atoms with Crippen molar-refractivity contribution in [3.05, 3.63) is 29.8 Å². The molecule has 2 aliphatic rings. The first kappa shape index (κ1) is 14.9. The first-order chi connectivity index (χ1) is 10.4. The minimum absolute atomic E-state index is 0.0221. The van der Waals surface area contributed by atoms with Crippen molar-refractivity contribution in [2.24, 2.45) is 0 Å². The lowest BCUT2D eigenvalue weighted by Gasteiger charge is -2.29. The second-order valence-corrected chi connectivity index (χ2v) is 7.14. The highest BCUT2D eigenvalue weighted by atomic mass is 32.2. The summed E-state index contributed by atoms with van der Waals surface area (Å²) in [5.41, 5.74) is 0.692. The summed E-state index contributed by atoms with van der Waals surface area (Å²) in [6.45, 7) is 2.00. The number of carbonyl (C=O) groups is 3. The predicted molar refractivity (Wildman–Crippen MR) is 82.8 cm³/mol. The Labute approximate surface area is 131 Å². The summed E-state index contributed by atoms with van der Waals surface area (Å²) < 4.78 is 0. The molecule has 7 heteroatoms. The van der Waals surface area contributed by atoms with Crippen LogP contribution in [-0.2, 0) is 9.59 Å². The molecule has 3 rings (SSSR count). The summed E-state index contributed by atoms with van der Waals surface area (Å²) in [4.78, 5) is 36.7. The van der Waals surface area contributed by atoms with Crippen molar-refractivity contribution in [2.75, 3.05) is 11.1 Å². The Morgan fingerprint density at radius 3 is 2.68 bits per heavy atom. The van der Waals surface area contributed by atoms with Crippen LogP contribution in [0.5, 0.6) is 0 Å². The third kappa shape index (κ3) is 2.45. The molecule has 0 unspecified atom stereocenters. The largest absolute Gasteiger partial charge is 0.478 e. The monoisotopic (exact) mass is 320 g/mol. The smallest absolute Gasteiger partial charge is 0.335 e. The summed E-state index contributed by atoms with van der Waals surface area (Å²) in [6.07, 6.45) is 1.26. The molecule has 2 aliphatic heterocycles. The third-order valence-electron chi connectivity index (χ3n) is 4.15. The van der Waals surface area contributed by atoms with Crippen LogP contribution in [0.4, 0.5) is 5.69 Å². The first-order valence-corrected chi connectivity index (χ1v) is 8.00. The molecule has 0 aliphatic carbocycles. The molecule has 1 aromatic carbocycles. The van der Waals surface area contributed by atoms with E-state index in [1.165, 1.54) is 12.1 Å². The van der Waals surface area contributed by atoms with Crippen LogP contribution in [0, 0.1) is 0 Å². The summed E-state index contributed by atoms with van der Waals surface area (Å²) in [5, 5.41) is 11.6. The van der Waals surface area contributed by atoms with Gasteiger partial charge in [-0.05, 0) is 37.6 Å². The summed E-state index contributed by atoms with van der Waals surface area (Å²) >= 11 is 1.64. The Morgan fingerprint density at radius 2 is 2.05 bits per heavy atom. The van der Waals surface area contributed by atoms with Crippen molar-refractivity contribution >= 4 is 35.2 Å². The quantitative estimate of drug-likeness (QED) is 0.886. The van der Waals surface area contributed by atoms with Crippen LogP contribution in [0.25, 0.3) is 0 Å². The molecule has 2 fully saturated rings. The number of carboxylic acid groups (broad SMARTS) is 1. The van der Waals surface area contributed by atoms with E-state index in [1.54, 1.807) is 28.8 Å². The Morgan fingerprint density at radius 1 is 1.36 bits per heavy atom. The molecule has 2 amide bonds. The molecule has 0 radical (unpaired) electrons. The second-order valence-electron chi connectivity index (χ2n) is 5.64. The molecular formula is C15H16N2O4S. The lowest BCUT2D eigenvalue weighted by Crippen LogP contribution is -2.48. The number of carboxylic acids is 1. The van der Waals surface area contributed by atoms with E-state index in [4.69, 9.17) is 5.11 Å². The SMILES string of the molecule is C[C@@]12CCC(=O)N1[C@H](C(=O)Nc1ccc(C(=O)O)cc1)CS2. The minimum Gasteiger partial charge on any atom is -0.478 e. The van der Waals surface area contributed by atoms with Crippen molar-refractivity contribution in [3.63, 3.8) is 0 Å². The van der Waals surface area contributed by atoms with Crippen molar-refractivity contribution in [1.82, 2.24) is 4.90 Å². The van der Waals surface area contributed by atoms with E-state index >= 15 is 0 Å². The van der Waals surface area contributed by atoms with Gasteiger partial charge in [-0.2, -0.15) is 0 Å². The summed E-state index contributed by atoms with van der Waals surface area (Å²) in [7, 11) is 0. The maximum atomic E-state index is 12.4. The number of carbonyl (C=O) groups excluding carboxylic acids is 2. The Balaban J connectivity index is 1.72. The van der Waals surface area contributed by atoms with Gasteiger partial charge in [0, 0.05) is 17.9 Å². The molecule has 22 heavy (non-hydrogen) atoms. The highest BCUT2D eigenvalue weighted by Gasteiger charge is 2.52. The molecule has 0 saturated carbocycles. The number of rotatable bonds is 3. The van der Waals surface area contributed by atoms with Gasteiger partial charge in [0.05, 0.1) is 10.4 Å². The van der Waals surface area contributed by atoms with Crippen LogP contribution in [-0.4, -0.2) is 44.5 Å². The molecule has 2 atom stereocenters. The van der Waals surface area contributed by atoms with E-state index in [0.717, 1.165) is 6.42 Å². The topological polar surface area (TPSA) is 86.7 Å². The number of fused-ring (bicyclic) bond motifs is 1. The maximum Gasteiger partial charge on any atom is 0.335 e. The number of hydrogen-bond donors (Lipinski definition) is 2. The van der Waals surface area contributed by atoms with Crippen LogP contribution in [0.3, 0.4) is 0 Å². The standard InChI is InChI=1S/C15H16N2O4S/c1-15-7-6-12(18)17(15)11(8-22-15)13(19)16-10-4-2-9(3-5-10)14(20)21/h2-5,11H,6-8H2,1H3,(H,16,19)(H,20,21)/t11-,15+/m0/s1. The second kappa shape index (κ2) is 5.31.